The molecule has 0 spiro atoms. The van der Waals surface area contributed by atoms with Gasteiger partial charge in [-0.1, -0.05) is 0 Å². The van der Waals surface area contributed by atoms with E-state index in [4.69, 9.17) is 0 Å². The SMILES string of the molecule is Cc1nn(C)c(C)c1C(C(=O)O)N1CCN(c2ccncc2)CC1. The molecule has 2 aromatic rings. The number of hydrogen-bond donors (Lipinski definition) is 1. The summed E-state index contributed by atoms with van der Waals surface area (Å²) in [6.45, 7) is 6.81. The lowest BCUT2D eigenvalue weighted by atomic mass is 10.0. The van der Waals surface area contributed by atoms with Gasteiger partial charge in [0.15, 0.2) is 0 Å². The number of carbonyl (C=O) groups is 1. The zero-order valence-electron chi connectivity index (χ0n) is 14.3. The van der Waals surface area contributed by atoms with Crippen molar-refractivity contribution >= 4 is 11.7 Å². The molecule has 1 atom stereocenters. The first-order valence-electron chi connectivity index (χ1n) is 8.11. The van der Waals surface area contributed by atoms with Crippen molar-refractivity contribution in [1.29, 1.82) is 0 Å². The Bertz CT molecular complexity index is 720. The van der Waals surface area contributed by atoms with E-state index < -0.39 is 12.0 Å². The van der Waals surface area contributed by atoms with Crippen molar-refractivity contribution < 1.29 is 9.90 Å². The molecule has 7 nitrogen and oxygen atoms in total. The van der Waals surface area contributed by atoms with Crippen molar-refractivity contribution in [2.75, 3.05) is 31.1 Å². The van der Waals surface area contributed by atoms with Crippen molar-refractivity contribution in [3.63, 3.8) is 0 Å². The van der Waals surface area contributed by atoms with Gasteiger partial charge in [0.25, 0.3) is 0 Å². The molecule has 0 bridgehead atoms. The lowest BCUT2D eigenvalue weighted by Crippen LogP contribution is -2.49. The Balaban J connectivity index is 1.79. The van der Waals surface area contributed by atoms with Crippen LogP contribution >= 0.6 is 0 Å². The highest BCUT2D eigenvalue weighted by atomic mass is 16.4. The van der Waals surface area contributed by atoms with Gasteiger partial charge in [0.1, 0.15) is 6.04 Å². The van der Waals surface area contributed by atoms with Gasteiger partial charge in [0.2, 0.25) is 0 Å². The van der Waals surface area contributed by atoms with E-state index in [2.05, 4.69) is 15.0 Å². The minimum atomic E-state index is -0.813. The summed E-state index contributed by atoms with van der Waals surface area (Å²) in [6, 6.07) is 3.33. The molecule has 24 heavy (non-hydrogen) atoms. The maximum atomic E-state index is 12.0. The Morgan fingerprint density at radius 3 is 2.29 bits per heavy atom. The number of nitrogens with zero attached hydrogens (tertiary/aromatic N) is 5. The third kappa shape index (κ3) is 2.99. The normalized spacial score (nSPS) is 17.0. The molecule has 1 aliphatic rings. The summed E-state index contributed by atoms with van der Waals surface area (Å²) >= 11 is 0. The fourth-order valence-electron chi connectivity index (χ4n) is 3.44. The first-order chi connectivity index (χ1) is 11.5. The molecule has 3 heterocycles. The highest BCUT2D eigenvalue weighted by Crippen LogP contribution is 2.28. The molecule has 2 aromatic heterocycles. The van der Waals surface area contributed by atoms with E-state index in [0.29, 0.717) is 13.1 Å². The van der Waals surface area contributed by atoms with Gasteiger partial charge < -0.3 is 10.0 Å². The molecule has 128 valence electrons. The summed E-state index contributed by atoms with van der Waals surface area (Å²) in [5.74, 6) is -0.813. The van der Waals surface area contributed by atoms with E-state index in [-0.39, 0.29) is 0 Å². The van der Waals surface area contributed by atoms with Gasteiger partial charge in [-0.25, -0.2) is 0 Å². The molecule has 1 unspecified atom stereocenters. The largest absolute Gasteiger partial charge is 0.480 e. The van der Waals surface area contributed by atoms with Crippen LogP contribution in [0.2, 0.25) is 0 Å². The molecule has 0 radical (unpaired) electrons. The second kappa shape index (κ2) is 6.60. The molecule has 0 aliphatic carbocycles. The quantitative estimate of drug-likeness (QED) is 0.913. The molecular weight excluding hydrogens is 306 g/mol. The average Bonchev–Trinajstić information content (AvgIpc) is 2.83. The maximum absolute atomic E-state index is 12.0. The third-order valence-corrected chi connectivity index (χ3v) is 4.78. The van der Waals surface area contributed by atoms with E-state index >= 15 is 0 Å². The van der Waals surface area contributed by atoms with Gasteiger partial charge in [0, 0.05) is 62.6 Å². The van der Waals surface area contributed by atoms with E-state index in [1.54, 1.807) is 17.1 Å². The summed E-state index contributed by atoms with van der Waals surface area (Å²) in [5, 5.41) is 14.2. The summed E-state index contributed by atoms with van der Waals surface area (Å²) in [4.78, 5) is 20.3. The van der Waals surface area contributed by atoms with Crippen LogP contribution in [0.25, 0.3) is 0 Å². The zero-order valence-corrected chi connectivity index (χ0v) is 14.3. The van der Waals surface area contributed by atoms with E-state index in [1.807, 2.05) is 37.9 Å². The van der Waals surface area contributed by atoms with E-state index in [9.17, 15) is 9.90 Å². The van der Waals surface area contributed by atoms with Gasteiger partial charge in [-0.15, -0.1) is 0 Å². The first kappa shape index (κ1) is 16.4. The number of aliphatic carboxylic acids is 1. The van der Waals surface area contributed by atoms with Crippen molar-refractivity contribution in [2.24, 2.45) is 7.05 Å². The predicted octanol–water partition coefficient (Wildman–Crippen LogP) is 1.38. The molecule has 3 rings (SSSR count). The molecule has 7 heteroatoms. The second-order valence-electron chi connectivity index (χ2n) is 6.18. The third-order valence-electron chi connectivity index (χ3n) is 4.78. The summed E-state index contributed by atoms with van der Waals surface area (Å²) in [5.41, 5.74) is 3.66. The standard InChI is InChI=1S/C17H23N5O2/c1-12-15(13(2)20(3)19-12)16(17(23)24)22-10-8-21(9-11-22)14-4-6-18-7-5-14/h4-7,16H,8-11H2,1-3H3,(H,23,24). The fraction of sp³-hybridized carbons (Fsp3) is 0.471. The van der Waals surface area contributed by atoms with Gasteiger partial charge in [-0.05, 0) is 26.0 Å². The smallest absolute Gasteiger partial charge is 0.325 e. The number of piperazine rings is 1. The lowest BCUT2D eigenvalue weighted by molar-refractivity contribution is -0.143. The van der Waals surface area contributed by atoms with Crippen LogP contribution in [-0.2, 0) is 11.8 Å². The highest BCUT2D eigenvalue weighted by Gasteiger charge is 2.34. The molecule has 1 aliphatic heterocycles. The number of carboxylic acids is 1. The van der Waals surface area contributed by atoms with Crippen LogP contribution in [0.3, 0.4) is 0 Å². The van der Waals surface area contributed by atoms with Crippen molar-refractivity contribution in [3.05, 3.63) is 41.5 Å². The molecule has 0 amide bonds. The summed E-state index contributed by atoms with van der Waals surface area (Å²) in [6.07, 6.45) is 3.56. The molecule has 0 saturated carbocycles. The first-order valence-corrected chi connectivity index (χ1v) is 8.11. The molecule has 1 saturated heterocycles. The van der Waals surface area contributed by atoms with Gasteiger partial charge in [-0.3, -0.25) is 19.4 Å². The molecule has 1 N–H and O–H groups in total. The number of carboxylic acid groups (broad SMARTS) is 1. The minimum absolute atomic E-state index is 0.640. The molecule has 0 aromatic carbocycles. The fourth-order valence-corrected chi connectivity index (χ4v) is 3.44. The Kier molecular flexibility index (Phi) is 4.53. The van der Waals surface area contributed by atoms with Gasteiger partial charge in [-0.2, -0.15) is 5.10 Å². The topological polar surface area (TPSA) is 74.5 Å². The van der Waals surface area contributed by atoms with Crippen LogP contribution in [0.4, 0.5) is 5.69 Å². The highest BCUT2D eigenvalue weighted by molar-refractivity contribution is 5.76. The van der Waals surface area contributed by atoms with Crippen molar-refractivity contribution in [2.45, 2.75) is 19.9 Å². The second-order valence-corrected chi connectivity index (χ2v) is 6.18. The van der Waals surface area contributed by atoms with Crippen LogP contribution in [0.5, 0.6) is 0 Å². The number of hydrogen-bond acceptors (Lipinski definition) is 5. The van der Waals surface area contributed by atoms with E-state index in [1.165, 1.54) is 0 Å². The number of aryl methyl sites for hydroxylation is 2. The van der Waals surface area contributed by atoms with Crippen LogP contribution in [0.1, 0.15) is 23.0 Å². The monoisotopic (exact) mass is 329 g/mol. The van der Waals surface area contributed by atoms with E-state index in [0.717, 1.165) is 35.7 Å². The lowest BCUT2D eigenvalue weighted by Gasteiger charge is -2.38. The van der Waals surface area contributed by atoms with Crippen molar-refractivity contribution in [3.8, 4) is 0 Å². The number of anilines is 1. The van der Waals surface area contributed by atoms with Crippen LogP contribution < -0.4 is 4.90 Å². The minimum Gasteiger partial charge on any atom is -0.480 e. The summed E-state index contributed by atoms with van der Waals surface area (Å²) < 4.78 is 1.76. The number of pyridine rings is 1. The maximum Gasteiger partial charge on any atom is 0.325 e. The van der Waals surface area contributed by atoms with Gasteiger partial charge in [0.05, 0.1) is 5.69 Å². The molecular formula is C17H23N5O2. The van der Waals surface area contributed by atoms with Crippen LogP contribution in [0.15, 0.2) is 24.5 Å². The summed E-state index contributed by atoms with van der Waals surface area (Å²) in [7, 11) is 1.85. The zero-order chi connectivity index (χ0) is 17.3. The average molecular weight is 329 g/mol. The Morgan fingerprint density at radius 1 is 1.17 bits per heavy atom. The Morgan fingerprint density at radius 2 is 1.79 bits per heavy atom. The Hall–Kier alpha value is -2.41. The van der Waals surface area contributed by atoms with Crippen LogP contribution in [-0.4, -0.2) is 56.9 Å². The van der Waals surface area contributed by atoms with Crippen LogP contribution in [0, 0.1) is 13.8 Å². The Labute approximate surface area is 141 Å². The van der Waals surface area contributed by atoms with Crippen molar-refractivity contribution in [1.82, 2.24) is 19.7 Å². The number of rotatable bonds is 4. The molecule has 1 fully saturated rings. The predicted molar refractivity (Wildman–Crippen MR) is 91.1 cm³/mol. The van der Waals surface area contributed by atoms with Gasteiger partial charge >= 0.3 is 5.97 Å². The number of aromatic nitrogens is 3.